The van der Waals surface area contributed by atoms with Gasteiger partial charge in [0.05, 0.1) is 5.56 Å². The quantitative estimate of drug-likeness (QED) is 0.775. The second kappa shape index (κ2) is 5.06. The number of benzene rings is 1. The number of hydrogen-bond donors (Lipinski definition) is 0. The Morgan fingerprint density at radius 2 is 2.06 bits per heavy atom. The van der Waals surface area contributed by atoms with Crippen molar-refractivity contribution >= 4 is 33.0 Å². The summed E-state index contributed by atoms with van der Waals surface area (Å²) in [6.45, 7) is 0. The van der Waals surface area contributed by atoms with E-state index in [4.69, 9.17) is 0 Å². The van der Waals surface area contributed by atoms with Gasteiger partial charge in [-0.2, -0.15) is 0 Å². The highest BCUT2D eigenvalue weighted by Gasteiger charge is 2.15. The number of Topliss-reactive ketones (excluding diaryl/α,β-unsaturated/α-hetero) is 1. The second-order valence-corrected chi connectivity index (χ2v) is 5.27. The molecule has 0 saturated carbocycles. The molecule has 88 valence electrons. The van der Waals surface area contributed by atoms with Crippen LogP contribution in [0.5, 0.6) is 0 Å². The topological polar surface area (TPSA) is 17.1 Å². The lowest BCUT2D eigenvalue weighted by atomic mass is 10.1. The Kier molecular flexibility index (Phi) is 3.69. The van der Waals surface area contributed by atoms with Crippen LogP contribution < -0.4 is 0 Å². The minimum Gasteiger partial charge on any atom is -0.294 e. The summed E-state index contributed by atoms with van der Waals surface area (Å²) in [6.07, 6.45) is 0.112. The number of carbonyl (C=O) groups is 1. The van der Waals surface area contributed by atoms with Gasteiger partial charge in [0.1, 0.15) is 11.6 Å². The number of thiophene rings is 1. The first-order valence-electron chi connectivity index (χ1n) is 4.78. The first kappa shape index (κ1) is 12.4. The molecular weight excluding hydrogens is 310 g/mol. The lowest BCUT2D eigenvalue weighted by molar-refractivity contribution is 0.0989. The van der Waals surface area contributed by atoms with Crippen LogP contribution in [-0.4, -0.2) is 5.78 Å². The van der Waals surface area contributed by atoms with Crippen molar-refractivity contribution in [1.29, 1.82) is 0 Å². The molecule has 0 unspecified atom stereocenters. The highest BCUT2D eigenvalue weighted by atomic mass is 79.9. The molecule has 2 rings (SSSR count). The Balaban J connectivity index is 2.23. The van der Waals surface area contributed by atoms with Crippen LogP contribution in [0.15, 0.2) is 34.1 Å². The minimum absolute atomic E-state index is 0.0771. The summed E-state index contributed by atoms with van der Waals surface area (Å²) >= 11 is 4.72. The molecule has 1 aromatic heterocycles. The lowest BCUT2D eigenvalue weighted by Crippen LogP contribution is -2.05. The molecule has 1 heterocycles. The zero-order valence-electron chi connectivity index (χ0n) is 8.54. The molecule has 0 bridgehead atoms. The van der Waals surface area contributed by atoms with E-state index in [9.17, 15) is 13.6 Å². The van der Waals surface area contributed by atoms with E-state index in [1.54, 1.807) is 0 Å². The van der Waals surface area contributed by atoms with E-state index in [1.165, 1.54) is 17.4 Å². The molecular formula is C12H7BrF2OS. The van der Waals surface area contributed by atoms with Gasteiger partial charge in [0.2, 0.25) is 0 Å². The number of halogens is 3. The Morgan fingerprint density at radius 3 is 2.65 bits per heavy atom. The van der Waals surface area contributed by atoms with Gasteiger partial charge in [0, 0.05) is 21.8 Å². The molecule has 0 fully saturated rings. The van der Waals surface area contributed by atoms with E-state index in [1.807, 2.05) is 11.4 Å². The van der Waals surface area contributed by atoms with Crippen molar-refractivity contribution in [3.8, 4) is 0 Å². The Hall–Kier alpha value is -1.07. The average Bonchev–Trinajstić information content (AvgIpc) is 2.64. The average molecular weight is 317 g/mol. The predicted octanol–water partition coefficient (Wildman–Crippen LogP) is 4.21. The van der Waals surface area contributed by atoms with E-state index in [0.29, 0.717) is 0 Å². The molecule has 0 saturated heterocycles. The van der Waals surface area contributed by atoms with Crippen molar-refractivity contribution < 1.29 is 13.6 Å². The highest BCUT2D eigenvalue weighted by Crippen LogP contribution is 2.24. The van der Waals surface area contributed by atoms with Crippen molar-refractivity contribution in [2.45, 2.75) is 6.42 Å². The fourth-order valence-corrected chi connectivity index (χ4v) is 2.90. The smallest absolute Gasteiger partial charge is 0.171 e. The van der Waals surface area contributed by atoms with E-state index in [0.717, 1.165) is 21.5 Å². The van der Waals surface area contributed by atoms with Crippen LogP contribution in [0.3, 0.4) is 0 Å². The molecule has 0 spiro atoms. The SMILES string of the molecule is O=C(Cc1sccc1Br)c1ccc(F)cc1F. The summed E-state index contributed by atoms with van der Waals surface area (Å²) in [4.78, 5) is 12.7. The standard InChI is InChI=1S/C12H7BrF2OS/c13-9-3-4-17-12(9)6-11(16)8-2-1-7(14)5-10(8)15/h1-5H,6H2. The fourth-order valence-electron chi connectivity index (χ4n) is 1.41. The van der Waals surface area contributed by atoms with Crippen LogP contribution in [0.2, 0.25) is 0 Å². The van der Waals surface area contributed by atoms with E-state index in [2.05, 4.69) is 15.9 Å². The molecule has 2 aromatic rings. The maximum absolute atomic E-state index is 13.4. The molecule has 0 radical (unpaired) electrons. The van der Waals surface area contributed by atoms with Crippen molar-refractivity contribution in [2.75, 3.05) is 0 Å². The molecule has 0 amide bonds. The van der Waals surface area contributed by atoms with Crippen molar-refractivity contribution in [2.24, 2.45) is 0 Å². The van der Waals surface area contributed by atoms with Crippen molar-refractivity contribution in [3.63, 3.8) is 0 Å². The molecule has 0 N–H and O–H groups in total. The fraction of sp³-hybridized carbons (Fsp3) is 0.0833. The summed E-state index contributed by atoms with van der Waals surface area (Å²) in [5.41, 5.74) is -0.0771. The predicted molar refractivity (Wildman–Crippen MR) is 66.4 cm³/mol. The lowest BCUT2D eigenvalue weighted by Gasteiger charge is -2.02. The van der Waals surface area contributed by atoms with Crippen LogP contribution in [0, 0.1) is 11.6 Å². The molecule has 0 aliphatic heterocycles. The first-order valence-corrected chi connectivity index (χ1v) is 6.45. The highest BCUT2D eigenvalue weighted by molar-refractivity contribution is 9.10. The maximum atomic E-state index is 13.4. The minimum atomic E-state index is -0.817. The summed E-state index contributed by atoms with van der Waals surface area (Å²) in [5.74, 6) is -1.86. The van der Waals surface area contributed by atoms with Gasteiger partial charge in [-0.3, -0.25) is 4.79 Å². The Bertz CT molecular complexity index is 565. The van der Waals surface area contributed by atoms with E-state index in [-0.39, 0.29) is 17.8 Å². The Morgan fingerprint density at radius 1 is 1.29 bits per heavy atom. The van der Waals surface area contributed by atoms with Crippen molar-refractivity contribution in [3.05, 3.63) is 56.2 Å². The molecule has 0 atom stereocenters. The molecule has 0 aliphatic carbocycles. The van der Waals surface area contributed by atoms with Gasteiger partial charge in [0.25, 0.3) is 0 Å². The van der Waals surface area contributed by atoms with Gasteiger partial charge < -0.3 is 0 Å². The van der Waals surface area contributed by atoms with Crippen LogP contribution in [0.25, 0.3) is 0 Å². The van der Waals surface area contributed by atoms with Gasteiger partial charge in [-0.25, -0.2) is 8.78 Å². The summed E-state index contributed by atoms with van der Waals surface area (Å²) in [5, 5.41) is 1.84. The molecule has 1 aromatic carbocycles. The molecule has 0 aliphatic rings. The third kappa shape index (κ3) is 2.79. The second-order valence-electron chi connectivity index (χ2n) is 3.42. The first-order chi connectivity index (χ1) is 8.08. The monoisotopic (exact) mass is 316 g/mol. The van der Waals surface area contributed by atoms with E-state index >= 15 is 0 Å². The van der Waals surface area contributed by atoms with Crippen LogP contribution in [0.1, 0.15) is 15.2 Å². The number of ketones is 1. The van der Waals surface area contributed by atoms with Gasteiger partial charge in [-0.05, 0) is 39.5 Å². The van der Waals surface area contributed by atoms with Gasteiger partial charge >= 0.3 is 0 Å². The normalized spacial score (nSPS) is 10.5. The van der Waals surface area contributed by atoms with Gasteiger partial charge in [-0.15, -0.1) is 11.3 Å². The number of carbonyl (C=O) groups excluding carboxylic acids is 1. The van der Waals surface area contributed by atoms with Crippen LogP contribution in [-0.2, 0) is 6.42 Å². The number of hydrogen-bond acceptors (Lipinski definition) is 2. The molecule has 17 heavy (non-hydrogen) atoms. The Labute approximate surface area is 109 Å². The third-order valence-corrected chi connectivity index (χ3v) is 4.17. The summed E-state index contributed by atoms with van der Waals surface area (Å²) in [7, 11) is 0. The van der Waals surface area contributed by atoms with Gasteiger partial charge in [-0.1, -0.05) is 0 Å². The summed E-state index contributed by atoms with van der Waals surface area (Å²) < 4.78 is 26.9. The van der Waals surface area contributed by atoms with Crippen LogP contribution in [0.4, 0.5) is 8.78 Å². The van der Waals surface area contributed by atoms with Crippen LogP contribution >= 0.6 is 27.3 Å². The summed E-state index contributed by atoms with van der Waals surface area (Å²) in [6, 6.07) is 4.80. The third-order valence-electron chi connectivity index (χ3n) is 2.24. The maximum Gasteiger partial charge on any atom is 0.171 e. The van der Waals surface area contributed by atoms with Crippen molar-refractivity contribution in [1.82, 2.24) is 0 Å². The molecule has 5 heteroatoms. The molecule has 1 nitrogen and oxygen atoms in total. The zero-order chi connectivity index (χ0) is 12.4. The van der Waals surface area contributed by atoms with Gasteiger partial charge in [0.15, 0.2) is 5.78 Å². The number of rotatable bonds is 3. The zero-order valence-corrected chi connectivity index (χ0v) is 10.9. The van der Waals surface area contributed by atoms with E-state index < -0.39 is 11.6 Å². The largest absolute Gasteiger partial charge is 0.294 e.